The molecule has 2 aromatic rings. The van der Waals surface area contributed by atoms with Gasteiger partial charge in [0.05, 0.1) is 0 Å². The van der Waals surface area contributed by atoms with Crippen LogP contribution in [-0.4, -0.2) is 46.3 Å². The van der Waals surface area contributed by atoms with Crippen LogP contribution in [0.15, 0.2) is 34.9 Å². The molecule has 0 spiro atoms. The standard InChI is InChI=1S/C17H15F3N2O4/c1-10-2-4-11(5-3-10)12-8-13(26-21-12)14(23)22-7-6-16(9-22,15(24)25)17(18,19)20/h2-5,8H,6-7,9H2,1H3,(H,24,25). The van der Waals surface area contributed by atoms with Crippen molar-refractivity contribution >= 4 is 11.9 Å². The molecule has 1 saturated heterocycles. The number of carbonyl (C=O) groups excluding carboxylic acids is 1. The van der Waals surface area contributed by atoms with Gasteiger partial charge in [-0.1, -0.05) is 35.0 Å². The summed E-state index contributed by atoms with van der Waals surface area (Å²) < 4.78 is 44.6. The van der Waals surface area contributed by atoms with Crippen LogP contribution in [0.2, 0.25) is 0 Å². The molecule has 26 heavy (non-hydrogen) atoms. The molecule has 1 aliphatic heterocycles. The lowest BCUT2D eigenvalue weighted by molar-refractivity contribution is -0.227. The van der Waals surface area contributed by atoms with Gasteiger partial charge in [-0.2, -0.15) is 13.2 Å². The fraction of sp³-hybridized carbons (Fsp3) is 0.353. The summed E-state index contributed by atoms with van der Waals surface area (Å²) in [5, 5.41) is 12.8. The quantitative estimate of drug-likeness (QED) is 0.900. The second-order valence-corrected chi connectivity index (χ2v) is 6.30. The van der Waals surface area contributed by atoms with Crippen molar-refractivity contribution in [2.45, 2.75) is 19.5 Å². The smallest absolute Gasteiger partial charge is 0.406 e. The first-order chi connectivity index (χ1) is 12.1. The van der Waals surface area contributed by atoms with Gasteiger partial charge in [0.2, 0.25) is 5.76 Å². The van der Waals surface area contributed by atoms with E-state index in [9.17, 15) is 22.8 Å². The molecule has 9 heteroatoms. The number of nitrogens with zero attached hydrogens (tertiary/aromatic N) is 2. The summed E-state index contributed by atoms with van der Waals surface area (Å²) >= 11 is 0. The minimum absolute atomic E-state index is 0.232. The summed E-state index contributed by atoms with van der Waals surface area (Å²) in [4.78, 5) is 24.4. The van der Waals surface area contributed by atoms with Crippen molar-refractivity contribution in [2.24, 2.45) is 5.41 Å². The molecule has 1 atom stereocenters. The van der Waals surface area contributed by atoms with Crippen LogP contribution in [0.5, 0.6) is 0 Å². The SMILES string of the molecule is Cc1ccc(-c2cc(C(=O)N3CCC(C(=O)O)(C(F)(F)F)C3)on2)cc1. The molecule has 1 aromatic carbocycles. The van der Waals surface area contributed by atoms with Crippen LogP contribution in [-0.2, 0) is 4.79 Å². The Morgan fingerprint density at radius 3 is 2.46 bits per heavy atom. The van der Waals surface area contributed by atoms with E-state index in [0.29, 0.717) is 11.3 Å². The number of amides is 1. The van der Waals surface area contributed by atoms with E-state index in [4.69, 9.17) is 9.63 Å². The number of rotatable bonds is 3. The van der Waals surface area contributed by atoms with Gasteiger partial charge in [-0.25, -0.2) is 0 Å². The highest BCUT2D eigenvalue weighted by Crippen LogP contribution is 2.46. The fourth-order valence-electron chi connectivity index (χ4n) is 2.90. The number of alkyl halides is 3. The fourth-order valence-corrected chi connectivity index (χ4v) is 2.90. The predicted octanol–water partition coefficient (Wildman–Crippen LogP) is 3.13. The topological polar surface area (TPSA) is 83.6 Å². The number of carbonyl (C=O) groups is 2. The molecule has 1 N–H and O–H groups in total. The van der Waals surface area contributed by atoms with E-state index in [2.05, 4.69) is 5.16 Å². The molecule has 1 fully saturated rings. The van der Waals surface area contributed by atoms with Crippen molar-refractivity contribution in [1.29, 1.82) is 0 Å². The lowest BCUT2D eigenvalue weighted by atomic mass is 9.86. The second-order valence-electron chi connectivity index (χ2n) is 6.30. The van der Waals surface area contributed by atoms with Gasteiger partial charge in [0.25, 0.3) is 5.91 Å². The number of benzene rings is 1. The van der Waals surface area contributed by atoms with Crippen molar-refractivity contribution in [3.8, 4) is 11.3 Å². The van der Waals surface area contributed by atoms with Crippen LogP contribution in [0.3, 0.4) is 0 Å². The van der Waals surface area contributed by atoms with Gasteiger partial charge in [-0.15, -0.1) is 0 Å². The molecule has 3 rings (SSSR count). The summed E-state index contributed by atoms with van der Waals surface area (Å²) in [7, 11) is 0. The minimum Gasteiger partial charge on any atom is -0.481 e. The summed E-state index contributed by atoms with van der Waals surface area (Å²) in [6.45, 7) is 0.626. The molecule has 0 bridgehead atoms. The Bertz CT molecular complexity index is 844. The summed E-state index contributed by atoms with van der Waals surface area (Å²) in [5.41, 5.74) is -0.867. The highest BCUT2D eigenvalue weighted by molar-refractivity contribution is 5.93. The first-order valence-electron chi connectivity index (χ1n) is 7.77. The number of aromatic nitrogens is 1. The molecule has 0 saturated carbocycles. The normalized spacial score (nSPS) is 20.4. The predicted molar refractivity (Wildman–Crippen MR) is 83.3 cm³/mol. The molecule has 1 aliphatic rings. The maximum absolute atomic E-state index is 13.2. The molecule has 138 valence electrons. The average molecular weight is 368 g/mol. The van der Waals surface area contributed by atoms with Gasteiger partial charge in [-0.05, 0) is 13.3 Å². The maximum Gasteiger partial charge on any atom is 0.406 e. The summed E-state index contributed by atoms with van der Waals surface area (Å²) in [6, 6.07) is 8.57. The minimum atomic E-state index is -4.96. The Morgan fingerprint density at radius 1 is 1.27 bits per heavy atom. The molecule has 1 unspecified atom stereocenters. The molecular weight excluding hydrogens is 353 g/mol. The first kappa shape index (κ1) is 18.0. The van der Waals surface area contributed by atoms with Crippen LogP contribution in [0.4, 0.5) is 13.2 Å². The third-order valence-electron chi connectivity index (χ3n) is 4.58. The zero-order chi connectivity index (χ0) is 19.1. The maximum atomic E-state index is 13.2. The van der Waals surface area contributed by atoms with Crippen molar-refractivity contribution in [2.75, 3.05) is 13.1 Å². The molecule has 2 heterocycles. The largest absolute Gasteiger partial charge is 0.481 e. The second kappa shape index (κ2) is 6.15. The Hall–Kier alpha value is -2.84. The molecule has 1 aromatic heterocycles. The van der Waals surface area contributed by atoms with E-state index >= 15 is 0 Å². The average Bonchev–Trinajstić information content (AvgIpc) is 3.22. The Labute approximate surface area is 146 Å². The van der Waals surface area contributed by atoms with E-state index in [1.807, 2.05) is 19.1 Å². The van der Waals surface area contributed by atoms with Crippen LogP contribution in [0, 0.1) is 12.3 Å². The molecular formula is C17H15F3N2O4. The highest BCUT2D eigenvalue weighted by Gasteiger charge is 2.64. The number of hydrogen-bond acceptors (Lipinski definition) is 4. The van der Waals surface area contributed by atoms with Crippen LogP contribution in [0.25, 0.3) is 11.3 Å². The number of aliphatic carboxylic acids is 1. The number of carboxylic acid groups (broad SMARTS) is 1. The monoisotopic (exact) mass is 368 g/mol. The number of hydrogen-bond donors (Lipinski definition) is 1. The highest BCUT2D eigenvalue weighted by atomic mass is 19.4. The van der Waals surface area contributed by atoms with Crippen molar-refractivity contribution in [1.82, 2.24) is 10.1 Å². The van der Waals surface area contributed by atoms with Gasteiger partial charge in [0, 0.05) is 24.7 Å². The number of halogens is 3. The van der Waals surface area contributed by atoms with Crippen LogP contribution in [0.1, 0.15) is 22.5 Å². The van der Waals surface area contributed by atoms with E-state index < -0.39 is 36.4 Å². The summed E-state index contributed by atoms with van der Waals surface area (Å²) in [5.74, 6) is -3.04. The third kappa shape index (κ3) is 2.93. The van der Waals surface area contributed by atoms with Crippen molar-refractivity contribution in [3.63, 3.8) is 0 Å². The van der Waals surface area contributed by atoms with Gasteiger partial charge >= 0.3 is 12.1 Å². The van der Waals surface area contributed by atoms with Crippen molar-refractivity contribution < 1.29 is 32.4 Å². The Morgan fingerprint density at radius 2 is 1.92 bits per heavy atom. The van der Waals surface area contributed by atoms with E-state index in [0.717, 1.165) is 10.5 Å². The van der Waals surface area contributed by atoms with Crippen LogP contribution >= 0.6 is 0 Å². The third-order valence-corrected chi connectivity index (χ3v) is 4.58. The van der Waals surface area contributed by atoms with Gasteiger partial charge in [0.1, 0.15) is 5.69 Å². The number of carboxylic acids is 1. The number of likely N-dealkylation sites (tertiary alicyclic amines) is 1. The van der Waals surface area contributed by atoms with E-state index in [1.165, 1.54) is 6.07 Å². The lowest BCUT2D eigenvalue weighted by Gasteiger charge is -2.26. The molecule has 0 aliphatic carbocycles. The Kier molecular flexibility index (Phi) is 4.25. The zero-order valence-electron chi connectivity index (χ0n) is 13.7. The van der Waals surface area contributed by atoms with E-state index in [1.54, 1.807) is 12.1 Å². The summed E-state index contributed by atoms with van der Waals surface area (Å²) in [6.07, 6.45) is -5.65. The molecule has 1 amide bonds. The Balaban J connectivity index is 1.81. The molecule has 6 nitrogen and oxygen atoms in total. The first-order valence-corrected chi connectivity index (χ1v) is 7.77. The van der Waals surface area contributed by atoms with Crippen molar-refractivity contribution in [3.05, 3.63) is 41.7 Å². The number of aryl methyl sites for hydroxylation is 1. The van der Waals surface area contributed by atoms with Gasteiger partial charge in [-0.3, -0.25) is 9.59 Å². The van der Waals surface area contributed by atoms with Gasteiger partial charge in [0.15, 0.2) is 5.41 Å². The van der Waals surface area contributed by atoms with E-state index in [-0.39, 0.29) is 12.3 Å². The van der Waals surface area contributed by atoms with Gasteiger partial charge < -0.3 is 14.5 Å². The lowest BCUT2D eigenvalue weighted by Crippen LogP contribution is -2.47. The zero-order valence-corrected chi connectivity index (χ0v) is 13.7. The van der Waals surface area contributed by atoms with Crippen LogP contribution < -0.4 is 0 Å². The molecule has 0 radical (unpaired) electrons.